The zero-order chi connectivity index (χ0) is 13.0. The topological polar surface area (TPSA) is 137 Å². The Morgan fingerprint density at radius 2 is 2.41 bits per heavy atom. The summed E-state index contributed by atoms with van der Waals surface area (Å²) < 4.78 is 4.28. The minimum atomic E-state index is -0.960. The first-order chi connectivity index (χ1) is 7.93. The number of aromatic nitrogens is 2. The molecule has 1 heterocycles. The largest absolute Gasteiger partial charge is 0.481 e. The zero-order valence-electron chi connectivity index (χ0n) is 9.07. The van der Waals surface area contributed by atoms with Crippen LogP contribution in [-0.2, 0) is 4.79 Å². The van der Waals surface area contributed by atoms with Crippen LogP contribution < -0.4 is 10.6 Å². The number of nitrogens with two attached hydrogens (primary N) is 1. The molecule has 0 amide bonds. The summed E-state index contributed by atoms with van der Waals surface area (Å²) in [5.74, 6) is -1.55. The van der Waals surface area contributed by atoms with Crippen LogP contribution >= 0.6 is 11.8 Å². The van der Waals surface area contributed by atoms with Crippen molar-refractivity contribution in [2.75, 3.05) is 17.2 Å². The lowest BCUT2D eigenvalue weighted by Crippen LogP contribution is -2.34. The maximum absolute atomic E-state index is 11.2. The summed E-state index contributed by atoms with van der Waals surface area (Å²) in [5.41, 5.74) is 5.47. The number of thioether (sulfide) groups is 1. The number of aliphatic carboxylic acids is 1. The standard InChI is InChI=1S/C8H13N3O5S/c1-4(5(12)2-17-3-6(13)14)7-8(9)10-16-11(7)15/h4-5,12H,2-3H2,1H3,(H2,9,10)(H,13,14). The Morgan fingerprint density at radius 1 is 1.76 bits per heavy atom. The van der Waals surface area contributed by atoms with Crippen molar-refractivity contribution in [2.24, 2.45) is 0 Å². The van der Waals surface area contributed by atoms with Crippen molar-refractivity contribution in [2.45, 2.75) is 18.9 Å². The van der Waals surface area contributed by atoms with E-state index >= 15 is 0 Å². The molecule has 0 aliphatic rings. The van der Waals surface area contributed by atoms with Crippen LogP contribution in [0.3, 0.4) is 0 Å². The van der Waals surface area contributed by atoms with Gasteiger partial charge in [0.25, 0.3) is 0 Å². The number of carboxylic acids is 1. The molecule has 17 heavy (non-hydrogen) atoms. The minimum absolute atomic E-state index is 0.0495. The number of aliphatic hydroxyl groups is 1. The Labute approximate surface area is 101 Å². The third-order valence-electron chi connectivity index (χ3n) is 2.20. The van der Waals surface area contributed by atoms with Gasteiger partial charge in [0, 0.05) is 5.75 Å². The predicted octanol–water partition coefficient (Wildman–Crippen LogP) is -0.828. The molecule has 0 aliphatic carbocycles. The maximum Gasteiger partial charge on any atom is 0.313 e. The molecule has 8 nitrogen and oxygen atoms in total. The molecule has 0 aromatic carbocycles. The molecule has 2 unspecified atom stereocenters. The monoisotopic (exact) mass is 263 g/mol. The molecule has 0 saturated heterocycles. The fourth-order valence-electron chi connectivity index (χ4n) is 1.26. The SMILES string of the molecule is CC(c1c(N)no[n+]1[O-])C(O)CSCC(=O)O. The number of nitrogen functional groups attached to an aromatic ring is 1. The molecule has 96 valence electrons. The Balaban J connectivity index is 2.57. The first-order valence-corrected chi connectivity index (χ1v) is 5.91. The van der Waals surface area contributed by atoms with Crippen LogP contribution in [0.2, 0.25) is 0 Å². The van der Waals surface area contributed by atoms with Gasteiger partial charge in [-0.2, -0.15) is 0 Å². The highest BCUT2D eigenvalue weighted by molar-refractivity contribution is 7.99. The maximum atomic E-state index is 11.2. The molecular weight excluding hydrogens is 250 g/mol. The predicted molar refractivity (Wildman–Crippen MR) is 59.3 cm³/mol. The van der Waals surface area contributed by atoms with Crippen LogP contribution in [0.1, 0.15) is 18.5 Å². The number of aliphatic hydroxyl groups excluding tert-OH is 1. The van der Waals surface area contributed by atoms with Crippen molar-refractivity contribution in [1.29, 1.82) is 0 Å². The molecule has 0 radical (unpaired) electrons. The average molecular weight is 263 g/mol. The highest BCUT2D eigenvalue weighted by Crippen LogP contribution is 2.22. The number of hydrogen-bond acceptors (Lipinski definition) is 7. The van der Waals surface area contributed by atoms with E-state index in [1.165, 1.54) is 0 Å². The Bertz CT molecular complexity index is 377. The van der Waals surface area contributed by atoms with Crippen LogP contribution in [0.4, 0.5) is 5.82 Å². The number of rotatable bonds is 6. The van der Waals surface area contributed by atoms with Crippen molar-refractivity contribution < 1.29 is 24.5 Å². The second-order valence-corrected chi connectivity index (χ2v) is 4.50. The van der Waals surface area contributed by atoms with Crippen LogP contribution in [0.25, 0.3) is 0 Å². The molecule has 1 rings (SSSR count). The second-order valence-electron chi connectivity index (χ2n) is 3.47. The molecule has 0 bridgehead atoms. The lowest BCUT2D eigenvalue weighted by molar-refractivity contribution is -0.808. The van der Waals surface area contributed by atoms with E-state index in [0.29, 0.717) is 0 Å². The van der Waals surface area contributed by atoms with Gasteiger partial charge in [0.05, 0.1) is 22.9 Å². The van der Waals surface area contributed by atoms with Gasteiger partial charge in [0.1, 0.15) is 0 Å². The van der Waals surface area contributed by atoms with Crippen LogP contribution in [0.15, 0.2) is 4.63 Å². The van der Waals surface area contributed by atoms with Gasteiger partial charge in [0.15, 0.2) is 0 Å². The van der Waals surface area contributed by atoms with E-state index in [0.717, 1.165) is 11.8 Å². The molecule has 0 aliphatic heterocycles. The van der Waals surface area contributed by atoms with Gasteiger partial charge in [-0.3, -0.25) is 9.42 Å². The summed E-state index contributed by atoms with van der Waals surface area (Å²) in [7, 11) is 0. The lowest BCUT2D eigenvalue weighted by atomic mass is 10.0. The average Bonchev–Trinajstić information content (AvgIpc) is 2.57. The highest BCUT2D eigenvalue weighted by Gasteiger charge is 2.28. The summed E-state index contributed by atoms with van der Waals surface area (Å²) in [6, 6.07) is 0. The molecule has 0 fully saturated rings. The van der Waals surface area contributed by atoms with Crippen molar-refractivity contribution in [3.8, 4) is 0 Å². The summed E-state index contributed by atoms with van der Waals surface area (Å²) in [5, 5.41) is 32.6. The summed E-state index contributed by atoms with van der Waals surface area (Å²) in [6.07, 6.45) is -0.902. The molecule has 0 saturated carbocycles. The van der Waals surface area contributed by atoms with E-state index in [-0.39, 0.29) is 27.9 Å². The first-order valence-electron chi connectivity index (χ1n) is 4.76. The fourth-order valence-corrected chi connectivity index (χ4v) is 2.08. The van der Waals surface area contributed by atoms with Gasteiger partial charge in [-0.25, -0.2) is 0 Å². The van der Waals surface area contributed by atoms with Crippen LogP contribution in [-0.4, -0.2) is 38.9 Å². The van der Waals surface area contributed by atoms with Gasteiger partial charge in [-0.05, 0) is 4.90 Å². The molecule has 1 aromatic heterocycles. The molecule has 4 N–H and O–H groups in total. The Kier molecular flexibility index (Phi) is 4.58. The number of carbonyl (C=O) groups is 1. The molecule has 9 heteroatoms. The van der Waals surface area contributed by atoms with E-state index < -0.39 is 18.0 Å². The van der Waals surface area contributed by atoms with Crippen LogP contribution in [0, 0.1) is 5.21 Å². The van der Waals surface area contributed by atoms with Gasteiger partial charge >= 0.3 is 11.8 Å². The van der Waals surface area contributed by atoms with Gasteiger partial charge in [0.2, 0.25) is 5.69 Å². The van der Waals surface area contributed by atoms with E-state index in [4.69, 9.17) is 10.8 Å². The minimum Gasteiger partial charge on any atom is -0.481 e. The molecular formula is C8H13N3O5S. The van der Waals surface area contributed by atoms with Crippen molar-refractivity contribution in [3.63, 3.8) is 0 Å². The van der Waals surface area contributed by atoms with E-state index in [9.17, 15) is 15.1 Å². The summed E-state index contributed by atoms with van der Waals surface area (Å²) >= 11 is 1.05. The third-order valence-corrected chi connectivity index (χ3v) is 3.22. The Hall–Kier alpha value is -1.48. The smallest absolute Gasteiger partial charge is 0.313 e. The molecule has 0 spiro atoms. The quantitative estimate of drug-likeness (QED) is 0.566. The van der Waals surface area contributed by atoms with Crippen molar-refractivity contribution >= 4 is 23.5 Å². The van der Waals surface area contributed by atoms with E-state index in [2.05, 4.69) is 9.79 Å². The van der Waals surface area contributed by atoms with Crippen molar-refractivity contribution in [3.05, 3.63) is 10.9 Å². The van der Waals surface area contributed by atoms with Gasteiger partial charge in [-0.1, -0.05) is 6.92 Å². The van der Waals surface area contributed by atoms with E-state index in [1.54, 1.807) is 6.92 Å². The van der Waals surface area contributed by atoms with Crippen LogP contribution in [0.5, 0.6) is 0 Å². The summed E-state index contributed by atoms with van der Waals surface area (Å²) in [4.78, 5) is 10.4. The number of anilines is 1. The van der Waals surface area contributed by atoms with Gasteiger partial charge < -0.3 is 21.2 Å². The Morgan fingerprint density at radius 3 is 2.88 bits per heavy atom. The number of carboxylic acid groups (broad SMARTS) is 1. The van der Waals surface area contributed by atoms with Gasteiger partial charge in [-0.15, -0.1) is 11.8 Å². The normalized spacial score (nSPS) is 14.5. The van der Waals surface area contributed by atoms with E-state index in [1.807, 2.05) is 0 Å². The third kappa shape index (κ3) is 3.49. The second kappa shape index (κ2) is 5.73. The number of hydrogen-bond donors (Lipinski definition) is 3. The molecule has 1 aromatic rings. The fraction of sp³-hybridized carbons (Fsp3) is 0.625. The number of nitrogens with zero attached hydrogens (tertiary/aromatic N) is 2. The van der Waals surface area contributed by atoms with Crippen molar-refractivity contribution in [1.82, 2.24) is 5.16 Å². The first kappa shape index (κ1) is 13.6. The lowest BCUT2D eigenvalue weighted by Gasteiger charge is -2.15. The highest BCUT2D eigenvalue weighted by atomic mass is 32.2. The summed E-state index contributed by atoms with van der Waals surface area (Å²) in [6.45, 7) is 1.59. The molecule has 2 atom stereocenters. The zero-order valence-corrected chi connectivity index (χ0v) is 9.88.